The molecular formula is C19H14F3N3O. The number of alkyl halides is 3. The minimum absolute atomic E-state index is 0.187. The Kier molecular flexibility index (Phi) is 4.71. The Morgan fingerprint density at radius 3 is 2.38 bits per heavy atom. The molecule has 0 atom stereocenters. The molecule has 4 nitrogen and oxygen atoms in total. The number of hydrogen-bond donors (Lipinski definition) is 1. The largest absolute Gasteiger partial charge is 0.416 e. The molecule has 2 heterocycles. The zero-order valence-electron chi connectivity index (χ0n) is 13.7. The maximum Gasteiger partial charge on any atom is 0.416 e. The van der Waals surface area contributed by atoms with Crippen LogP contribution >= 0.6 is 0 Å². The number of benzene rings is 1. The molecule has 0 spiro atoms. The summed E-state index contributed by atoms with van der Waals surface area (Å²) in [5, 5.41) is 2.70. The summed E-state index contributed by atoms with van der Waals surface area (Å²) in [6.45, 7) is 1.82. The van der Waals surface area contributed by atoms with Crippen molar-refractivity contribution in [2.24, 2.45) is 0 Å². The molecule has 0 radical (unpaired) electrons. The number of amides is 1. The summed E-state index contributed by atoms with van der Waals surface area (Å²) in [6.07, 6.45) is -1.74. The number of carbonyl (C=O) groups excluding carboxylic acids is 1. The molecule has 1 amide bonds. The summed E-state index contributed by atoms with van der Waals surface area (Å²) in [5.74, 6) is 0.108. The summed E-state index contributed by atoms with van der Waals surface area (Å²) < 4.78 is 38.4. The topological polar surface area (TPSA) is 54.9 Å². The lowest BCUT2D eigenvalue weighted by molar-refractivity contribution is -0.137. The molecule has 2 aromatic heterocycles. The number of nitrogens with one attached hydrogen (secondary N) is 1. The van der Waals surface area contributed by atoms with E-state index in [1.54, 1.807) is 24.4 Å². The normalized spacial score (nSPS) is 11.2. The standard InChI is InChI=1S/C19H14F3N3O/c1-12-3-2-9-24-17(12)25-18(26)14-6-4-13(5-7-14)16-11-15(8-10-23-16)19(20,21)22/h2-11H,1H3,(H,24,25,26). The molecule has 3 rings (SSSR count). The molecule has 0 fully saturated rings. The molecule has 0 bridgehead atoms. The first-order chi connectivity index (χ1) is 12.3. The van der Waals surface area contributed by atoms with Crippen molar-refractivity contribution in [1.82, 2.24) is 9.97 Å². The second-order valence-electron chi connectivity index (χ2n) is 5.63. The van der Waals surface area contributed by atoms with Crippen molar-refractivity contribution in [1.29, 1.82) is 0 Å². The Morgan fingerprint density at radius 1 is 1.00 bits per heavy atom. The summed E-state index contributed by atoms with van der Waals surface area (Å²) in [4.78, 5) is 20.3. The second-order valence-corrected chi connectivity index (χ2v) is 5.63. The van der Waals surface area contributed by atoms with Crippen molar-refractivity contribution < 1.29 is 18.0 Å². The average Bonchev–Trinajstić information content (AvgIpc) is 2.63. The van der Waals surface area contributed by atoms with E-state index in [1.165, 1.54) is 12.1 Å². The van der Waals surface area contributed by atoms with E-state index < -0.39 is 11.7 Å². The molecule has 132 valence electrons. The van der Waals surface area contributed by atoms with Gasteiger partial charge < -0.3 is 5.32 Å². The van der Waals surface area contributed by atoms with Gasteiger partial charge in [-0.1, -0.05) is 18.2 Å². The lowest BCUT2D eigenvalue weighted by Crippen LogP contribution is -2.13. The van der Waals surface area contributed by atoms with E-state index in [0.29, 0.717) is 16.9 Å². The van der Waals surface area contributed by atoms with Gasteiger partial charge in [0.1, 0.15) is 5.82 Å². The molecule has 0 unspecified atom stereocenters. The third-order valence-electron chi connectivity index (χ3n) is 3.77. The van der Waals surface area contributed by atoms with Gasteiger partial charge in [0, 0.05) is 23.5 Å². The van der Waals surface area contributed by atoms with Crippen LogP contribution in [0.15, 0.2) is 60.9 Å². The highest BCUT2D eigenvalue weighted by Crippen LogP contribution is 2.31. The van der Waals surface area contributed by atoms with Crippen molar-refractivity contribution in [3.63, 3.8) is 0 Å². The van der Waals surface area contributed by atoms with Crippen LogP contribution in [0.25, 0.3) is 11.3 Å². The molecule has 3 aromatic rings. The number of anilines is 1. The highest BCUT2D eigenvalue weighted by Gasteiger charge is 2.30. The lowest BCUT2D eigenvalue weighted by Gasteiger charge is -2.09. The molecule has 0 aliphatic rings. The average molecular weight is 357 g/mol. The minimum Gasteiger partial charge on any atom is -0.306 e. The summed E-state index contributed by atoms with van der Waals surface area (Å²) >= 11 is 0. The van der Waals surface area contributed by atoms with Crippen molar-refractivity contribution >= 4 is 11.7 Å². The molecule has 0 saturated carbocycles. The van der Waals surface area contributed by atoms with E-state index in [2.05, 4.69) is 15.3 Å². The summed E-state index contributed by atoms with van der Waals surface area (Å²) in [7, 11) is 0. The fourth-order valence-electron chi connectivity index (χ4n) is 2.35. The number of aromatic nitrogens is 2. The van der Waals surface area contributed by atoms with E-state index in [4.69, 9.17) is 0 Å². The van der Waals surface area contributed by atoms with Gasteiger partial charge in [0.25, 0.3) is 5.91 Å². The molecule has 1 aromatic carbocycles. The first kappa shape index (κ1) is 17.6. The third kappa shape index (κ3) is 3.88. The van der Waals surface area contributed by atoms with E-state index in [-0.39, 0.29) is 11.6 Å². The number of nitrogens with zero attached hydrogens (tertiary/aromatic N) is 2. The van der Waals surface area contributed by atoms with Crippen LogP contribution in [0.1, 0.15) is 21.5 Å². The Morgan fingerprint density at radius 2 is 1.73 bits per heavy atom. The highest BCUT2D eigenvalue weighted by atomic mass is 19.4. The van der Waals surface area contributed by atoms with Crippen LogP contribution < -0.4 is 5.32 Å². The first-order valence-electron chi connectivity index (χ1n) is 7.71. The Balaban J connectivity index is 1.81. The fraction of sp³-hybridized carbons (Fsp3) is 0.105. The predicted octanol–water partition coefficient (Wildman–Crippen LogP) is 4.72. The van der Waals surface area contributed by atoms with Gasteiger partial charge in [0.05, 0.1) is 11.3 Å². The van der Waals surface area contributed by atoms with Crippen molar-refractivity contribution in [3.8, 4) is 11.3 Å². The maximum absolute atomic E-state index is 12.8. The number of pyridine rings is 2. The maximum atomic E-state index is 12.8. The number of halogens is 3. The zero-order valence-corrected chi connectivity index (χ0v) is 13.7. The SMILES string of the molecule is Cc1cccnc1NC(=O)c1ccc(-c2cc(C(F)(F)F)ccn2)cc1. The molecule has 0 saturated heterocycles. The van der Waals surface area contributed by atoms with Crippen LogP contribution in [-0.4, -0.2) is 15.9 Å². The molecule has 1 N–H and O–H groups in total. The van der Waals surface area contributed by atoms with Gasteiger partial charge in [-0.2, -0.15) is 13.2 Å². The van der Waals surface area contributed by atoms with Crippen molar-refractivity contribution in [3.05, 3.63) is 77.6 Å². The van der Waals surface area contributed by atoms with Crippen LogP contribution in [-0.2, 0) is 6.18 Å². The Bertz CT molecular complexity index is 937. The molecule has 0 aliphatic carbocycles. The number of rotatable bonds is 3. The van der Waals surface area contributed by atoms with E-state index >= 15 is 0 Å². The Hall–Kier alpha value is -3.22. The number of hydrogen-bond acceptors (Lipinski definition) is 3. The zero-order chi connectivity index (χ0) is 18.7. The van der Waals surface area contributed by atoms with Crippen LogP contribution in [0.4, 0.5) is 19.0 Å². The number of carbonyl (C=O) groups is 1. The highest BCUT2D eigenvalue weighted by molar-refractivity contribution is 6.04. The van der Waals surface area contributed by atoms with Crippen LogP contribution in [0.2, 0.25) is 0 Å². The van der Waals surface area contributed by atoms with E-state index in [1.807, 2.05) is 13.0 Å². The molecule has 0 aliphatic heterocycles. The predicted molar refractivity (Wildman–Crippen MR) is 91.6 cm³/mol. The quantitative estimate of drug-likeness (QED) is 0.738. The number of aryl methyl sites for hydroxylation is 1. The van der Waals surface area contributed by atoms with Crippen molar-refractivity contribution in [2.45, 2.75) is 13.1 Å². The minimum atomic E-state index is -4.43. The van der Waals surface area contributed by atoms with E-state index in [9.17, 15) is 18.0 Å². The second kappa shape index (κ2) is 6.95. The Labute approximate surface area is 147 Å². The van der Waals surface area contributed by atoms with Gasteiger partial charge in [-0.3, -0.25) is 9.78 Å². The first-order valence-corrected chi connectivity index (χ1v) is 7.71. The van der Waals surface area contributed by atoms with Crippen LogP contribution in [0.5, 0.6) is 0 Å². The van der Waals surface area contributed by atoms with Gasteiger partial charge in [-0.05, 0) is 42.8 Å². The van der Waals surface area contributed by atoms with Gasteiger partial charge >= 0.3 is 6.18 Å². The van der Waals surface area contributed by atoms with Crippen molar-refractivity contribution in [2.75, 3.05) is 5.32 Å². The van der Waals surface area contributed by atoms with Gasteiger partial charge in [-0.25, -0.2) is 4.98 Å². The molecular weight excluding hydrogens is 343 g/mol. The van der Waals surface area contributed by atoms with Crippen LogP contribution in [0.3, 0.4) is 0 Å². The fourth-order valence-corrected chi connectivity index (χ4v) is 2.35. The van der Waals surface area contributed by atoms with Gasteiger partial charge in [0.2, 0.25) is 0 Å². The molecule has 26 heavy (non-hydrogen) atoms. The van der Waals surface area contributed by atoms with Crippen LogP contribution in [0, 0.1) is 6.92 Å². The monoisotopic (exact) mass is 357 g/mol. The summed E-state index contributed by atoms with van der Waals surface area (Å²) in [5.41, 5.74) is 1.10. The third-order valence-corrected chi connectivity index (χ3v) is 3.77. The van der Waals surface area contributed by atoms with Gasteiger partial charge in [-0.15, -0.1) is 0 Å². The lowest BCUT2D eigenvalue weighted by atomic mass is 10.1. The van der Waals surface area contributed by atoms with E-state index in [0.717, 1.165) is 23.9 Å². The smallest absolute Gasteiger partial charge is 0.306 e. The summed E-state index contributed by atoms with van der Waals surface area (Å²) in [6, 6.07) is 11.7. The van der Waals surface area contributed by atoms with Gasteiger partial charge in [0.15, 0.2) is 0 Å². The molecule has 7 heteroatoms.